The summed E-state index contributed by atoms with van der Waals surface area (Å²) in [6, 6.07) is 16.0. The first-order valence-electron chi connectivity index (χ1n) is 10.7. The molecule has 6 nitrogen and oxygen atoms in total. The van der Waals surface area contributed by atoms with E-state index in [1.807, 2.05) is 30.3 Å². The van der Waals surface area contributed by atoms with Gasteiger partial charge >= 0.3 is 0 Å². The van der Waals surface area contributed by atoms with Crippen LogP contribution < -0.4 is 14.8 Å². The Morgan fingerprint density at radius 2 is 2.03 bits per heavy atom. The fraction of sp³-hybridized carbons (Fsp3) is 0.458. The average molecular weight is 411 g/mol. The number of rotatable bonds is 3. The molecule has 2 heterocycles. The first kappa shape index (κ1) is 20.7. The number of para-hydroxylation sites is 1. The fourth-order valence-electron chi connectivity index (χ4n) is 4.21. The van der Waals surface area contributed by atoms with Crippen LogP contribution in [-0.4, -0.2) is 56.4 Å². The molecule has 160 valence electrons. The highest BCUT2D eigenvalue weighted by atomic mass is 16.5. The Hall–Kier alpha value is -2.57. The molecule has 1 N–H and O–H groups in total. The number of fused-ring (bicyclic) bond motifs is 2. The van der Waals surface area contributed by atoms with Crippen molar-refractivity contribution in [1.29, 1.82) is 0 Å². The number of benzene rings is 2. The molecule has 2 aromatic rings. The lowest BCUT2D eigenvalue weighted by Crippen LogP contribution is -2.45. The zero-order valence-corrected chi connectivity index (χ0v) is 17.5. The van der Waals surface area contributed by atoms with Crippen molar-refractivity contribution in [1.82, 2.24) is 10.2 Å². The van der Waals surface area contributed by atoms with Crippen LogP contribution in [0.25, 0.3) is 0 Å². The van der Waals surface area contributed by atoms with E-state index in [4.69, 9.17) is 14.2 Å². The molecule has 0 aromatic heterocycles. The van der Waals surface area contributed by atoms with Crippen molar-refractivity contribution in [3.05, 3.63) is 59.7 Å². The molecule has 1 saturated heterocycles. The lowest BCUT2D eigenvalue weighted by Gasteiger charge is -2.20. The van der Waals surface area contributed by atoms with Crippen LogP contribution in [0.15, 0.2) is 48.5 Å². The van der Waals surface area contributed by atoms with Crippen LogP contribution >= 0.6 is 0 Å². The van der Waals surface area contributed by atoms with Gasteiger partial charge in [0.1, 0.15) is 11.5 Å². The summed E-state index contributed by atoms with van der Waals surface area (Å²) in [5.41, 5.74) is 2.34. The van der Waals surface area contributed by atoms with Crippen LogP contribution in [-0.2, 0) is 22.5 Å². The number of methoxy groups -OCH3 is 1. The van der Waals surface area contributed by atoms with E-state index in [1.165, 1.54) is 5.56 Å². The SMILES string of the molecule is COc1cccc(CN2C[C@@H]3NC(=O)COc4ccccc4CCCCO[C@H]3C2)c1. The summed E-state index contributed by atoms with van der Waals surface area (Å²) in [5, 5.41) is 3.13. The number of amides is 1. The first-order chi connectivity index (χ1) is 14.7. The number of nitrogens with zero attached hydrogens (tertiary/aromatic N) is 1. The van der Waals surface area contributed by atoms with Gasteiger partial charge < -0.3 is 19.5 Å². The third-order valence-corrected chi connectivity index (χ3v) is 5.73. The molecule has 2 aromatic carbocycles. The molecule has 0 aliphatic carbocycles. The predicted molar refractivity (Wildman–Crippen MR) is 115 cm³/mol. The summed E-state index contributed by atoms with van der Waals surface area (Å²) in [5.74, 6) is 1.55. The molecule has 6 heteroatoms. The maximum Gasteiger partial charge on any atom is 0.258 e. The van der Waals surface area contributed by atoms with Crippen molar-refractivity contribution in [3.8, 4) is 11.5 Å². The van der Waals surface area contributed by atoms with E-state index in [9.17, 15) is 4.79 Å². The van der Waals surface area contributed by atoms with Crippen molar-refractivity contribution in [2.45, 2.75) is 38.0 Å². The zero-order valence-electron chi connectivity index (χ0n) is 17.5. The molecule has 0 saturated carbocycles. The van der Waals surface area contributed by atoms with Crippen molar-refractivity contribution in [3.63, 3.8) is 0 Å². The number of carbonyl (C=O) groups is 1. The van der Waals surface area contributed by atoms with E-state index in [2.05, 4.69) is 28.4 Å². The minimum Gasteiger partial charge on any atom is -0.497 e. The number of hydrogen-bond donors (Lipinski definition) is 1. The van der Waals surface area contributed by atoms with E-state index < -0.39 is 0 Å². The van der Waals surface area contributed by atoms with Gasteiger partial charge in [-0.2, -0.15) is 0 Å². The molecular weight excluding hydrogens is 380 g/mol. The van der Waals surface area contributed by atoms with Crippen molar-refractivity contribution in [2.24, 2.45) is 0 Å². The van der Waals surface area contributed by atoms with Gasteiger partial charge in [-0.05, 0) is 48.6 Å². The van der Waals surface area contributed by atoms with Crippen LogP contribution in [0.3, 0.4) is 0 Å². The molecule has 2 atom stereocenters. The van der Waals surface area contributed by atoms with E-state index in [-0.39, 0.29) is 24.7 Å². The van der Waals surface area contributed by atoms with Crippen molar-refractivity contribution < 1.29 is 19.0 Å². The molecule has 1 fully saturated rings. The highest BCUT2D eigenvalue weighted by Crippen LogP contribution is 2.22. The molecule has 0 bridgehead atoms. The zero-order chi connectivity index (χ0) is 20.8. The summed E-state index contributed by atoms with van der Waals surface area (Å²) in [7, 11) is 1.68. The molecule has 2 aliphatic heterocycles. The second-order valence-electron chi connectivity index (χ2n) is 7.98. The minimum absolute atomic E-state index is 0.0114. The Bertz CT molecular complexity index is 857. The van der Waals surface area contributed by atoms with Gasteiger partial charge in [-0.1, -0.05) is 30.3 Å². The maximum atomic E-state index is 12.6. The van der Waals surface area contributed by atoms with Gasteiger partial charge in [0.2, 0.25) is 0 Å². The summed E-state index contributed by atoms with van der Waals surface area (Å²) in [6.07, 6.45) is 2.94. The number of likely N-dealkylation sites (tertiary alicyclic amines) is 1. The average Bonchev–Trinajstić information content (AvgIpc) is 3.13. The summed E-state index contributed by atoms with van der Waals surface area (Å²) >= 11 is 0. The molecule has 2 aliphatic rings. The Morgan fingerprint density at radius 3 is 2.93 bits per heavy atom. The monoisotopic (exact) mass is 410 g/mol. The number of carbonyl (C=O) groups excluding carboxylic acids is 1. The molecule has 0 unspecified atom stereocenters. The van der Waals surface area contributed by atoms with Gasteiger partial charge in [0.05, 0.1) is 19.3 Å². The van der Waals surface area contributed by atoms with Crippen LogP contribution in [0.5, 0.6) is 11.5 Å². The van der Waals surface area contributed by atoms with E-state index in [0.29, 0.717) is 6.61 Å². The summed E-state index contributed by atoms with van der Waals surface area (Å²) in [6.45, 7) is 3.07. The van der Waals surface area contributed by atoms with Crippen LogP contribution in [0.1, 0.15) is 24.0 Å². The third-order valence-electron chi connectivity index (χ3n) is 5.73. The van der Waals surface area contributed by atoms with Crippen LogP contribution in [0, 0.1) is 0 Å². The van der Waals surface area contributed by atoms with Gasteiger partial charge in [-0.3, -0.25) is 9.69 Å². The quantitative estimate of drug-likeness (QED) is 0.843. The lowest BCUT2D eigenvalue weighted by atomic mass is 10.1. The smallest absolute Gasteiger partial charge is 0.258 e. The molecule has 1 amide bonds. The van der Waals surface area contributed by atoms with E-state index >= 15 is 0 Å². The first-order valence-corrected chi connectivity index (χ1v) is 10.7. The Kier molecular flexibility index (Phi) is 6.87. The second kappa shape index (κ2) is 9.96. The summed E-state index contributed by atoms with van der Waals surface area (Å²) < 4.78 is 17.4. The largest absolute Gasteiger partial charge is 0.497 e. The highest BCUT2D eigenvalue weighted by molar-refractivity contribution is 5.78. The Balaban J connectivity index is 1.41. The number of nitrogens with one attached hydrogen (secondary N) is 1. The Morgan fingerprint density at radius 1 is 1.13 bits per heavy atom. The van der Waals surface area contributed by atoms with E-state index in [1.54, 1.807) is 7.11 Å². The van der Waals surface area contributed by atoms with Gasteiger partial charge in [0.15, 0.2) is 6.61 Å². The molecular formula is C24H30N2O4. The third kappa shape index (κ3) is 5.32. The molecule has 0 spiro atoms. The maximum absolute atomic E-state index is 12.6. The van der Waals surface area contributed by atoms with Gasteiger partial charge in [0.25, 0.3) is 5.91 Å². The van der Waals surface area contributed by atoms with Gasteiger partial charge in [-0.25, -0.2) is 0 Å². The van der Waals surface area contributed by atoms with Crippen LogP contribution in [0.4, 0.5) is 0 Å². The second-order valence-corrected chi connectivity index (χ2v) is 7.98. The van der Waals surface area contributed by atoms with Crippen molar-refractivity contribution in [2.75, 3.05) is 33.4 Å². The van der Waals surface area contributed by atoms with Gasteiger partial charge in [-0.15, -0.1) is 0 Å². The van der Waals surface area contributed by atoms with Crippen LogP contribution in [0.2, 0.25) is 0 Å². The molecule has 0 radical (unpaired) electrons. The Labute approximate surface area is 178 Å². The number of ether oxygens (including phenoxy) is 3. The minimum atomic E-state index is -0.106. The predicted octanol–water partition coefficient (Wildman–Crippen LogP) is 2.80. The van der Waals surface area contributed by atoms with E-state index in [0.717, 1.165) is 56.0 Å². The number of hydrogen-bond acceptors (Lipinski definition) is 5. The number of aryl methyl sites for hydroxylation is 1. The fourth-order valence-corrected chi connectivity index (χ4v) is 4.21. The lowest BCUT2D eigenvalue weighted by molar-refractivity contribution is -0.124. The summed E-state index contributed by atoms with van der Waals surface area (Å²) in [4.78, 5) is 14.9. The molecule has 30 heavy (non-hydrogen) atoms. The highest BCUT2D eigenvalue weighted by Gasteiger charge is 2.34. The molecule has 4 rings (SSSR count). The van der Waals surface area contributed by atoms with Crippen molar-refractivity contribution >= 4 is 5.91 Å². The topological polar surface area (TPSA) is 60.0 Å². The van der Waals surface area contributed by atoms with Gasteiger partial charge in [0, 0.05) is 26.2 Å². The standard InChI is InChI=1S/C24H30N2O4/c1-28-20-10-6-7-18(13-20)14-26-15-21-23(16-26)29-12-5-4-9-19-8-2-3-11-22(19)30-17-24(27)25-21/h2-3,6-8,10-11,13,21,23H,4-5,9,12,14-17H2,1H3,(H,25,27)/t21-,23-/m0/s1. The normalized spacial score (nSPS) is 23.0.